The molecule has 0 aromatic carbocycles. The van der Waals surface area contributed by atoms with Crippen molar-refractivity contribution in [2.75, 3.05) is 19.7 Å². The Morgan fingerprint density at radius 3 is 3.00 bits per heavy atom. The van der Waals surface area contributed by atoms with Crippen molar-refractivity contribution in [2.45, 2.75) is 17.2 Å². The van der Waals surface area contributed by atoms with Crippen LogP contribution in [0.2, 0.25) is 0 Å². The molecule has 0 spiro atoms. The predicted octanol–water partition coefficient (Wildman–Crippen LogP) is 1.61. The van der Waals surface area contributed by atoms with Gasteiger partial charge in [0.15, 0.2) is 5.82 Å². The van der Waals surface area contributed by atoms with E-state index >= 15 is 0 Å². The van der Waals surface area contributed by atoms with Crippen LogP contribution in [0, 0.1) is 6.92 Å². The third-order valence-electron chi connectivity index (χ3n) is 3.22. The lowest BCUT2D eigenvalue weighted by atomic mass is 10.3. The Balaban J connectivity index is 1.83. The number of sulfonamides is 1. The zero-order valence-corrected chi connectivity index (χ0v) is 13.1. The first-order valence-corrected chi connectivity index (χ1v) is 8.84. The van der Waals surface area contributed by atoms with Gasteiger partial charge in [-0.05, 0) is 24.4 Å². The van der Waals surface area contributed by atoms with Gasteiger partial charge in [0.05, 0.1) is 6.61 Å². The van der Waals surface area contributed by atoms with Gasteiger partial charge in [-0.2, -0.15) is 4.31 Å². The van der Waals surface area contributed by atoms with Crippen LogP contribution in [-0.2, 0) is 14.8 Å². The maximum absolute atomic E-state index is 12.5. The van der Waals surface area contributed by atoms with Crippen LogP contribution in [0.15, 0.2) is 34.0 Å². The van der Waals surface area contributed by atoms with Gasteiger partial charge in [0.25, 0.3) is 10.0 Å². The summed E-state index contributed by atoms with van der Waals surface area (Å²) in [4.78, 5) is 8.51. The molecule has 0 N–H and O–H groups in total. The Bertz CT molecular complexity index is 716. The van der Waals surface area contributed by atoms with Crippen molar-refractivity contribution < 1.29 is 13.2 Å². The Kier molecular flexibility index (Phi) is 4.03. The average molecular weight is 325 g/mol. The van der Waals surface area contributed by atoms with Crippen molar-refractivity contribution in [1.82, 2.24) is 14.3 Å². The van der Waals surface area contributed by atoms with E-state index in [1.807, 2.05) is 6.92 Å². The highest BCUT2D eigenvalue weighted by Crippen LogP contribution is 2.26. The van der Waals surface area contributed by atoms with E-state index in [0.717, 1.165) is 5.69 Å². The summed E-state index contributed by atoms with van der Waals surface area (Å²) in [6, 6.07) is 5.15. The van der Waals surface area contributed by atoms with Gasteiger partial charge in [0, 0.05) is 25.0 Å². The summed E-state index contributed by atoms with van der Waals surface area (Å²) in [5.41, 5.74) is 0.835. The highest BCUT2D eigenvalue weighted by Gasteiger charge is 2.33. The van der Waals surface area contributed by atoms with Crippen molar-refractivity contribution in [3.8, 4) is 0 Å². The van der Waals surface area contributed by atoms with Crippen LogP contribution in [0.1, 0.15) is 17.6 Å². The lowest BCUT2D eigenvalue weighted by molar-refractivity contribution is -0.00756. The van der Waals surface area contributed by atoms with E-state index < -0.39 is 16.1 Å². The lowest BCUT2D eigenvalue weighted by Crippen LogP contribution is -2.42. The first kappa shape index (κ1) is 14.6. The largest absolute Gasteiger partial charge is 0.367 e. The highest BCUT2D eigenvalue weighted by molar-refractivity contribution is 7.91. The highest BCUT2D eigenvalue weighted by atomic mass is 32.2. The van der Waals surface area contributed by atoms with Gasteiger partial charge in [-0.25, -0.2) is 18.4 Å². The summed E-state index contributed by atoms with van der Waals surface area (Å²) in [5, 5.41) is 1.76. The number of hydrogen-bond acceptors (Lipinski definition) is 6. The van der Waals surface area contributed by atoms with Crippen LogP contribution in [0.4, 0.5) is 0 Å². The van der Waals surface area contributed by atoms with Crippen molar-refractivity contribution in [1.29, 1.82) is 0 Å². The second kappa shape index (κ2) is 5.80. The van der Waals surface area contributed by atoms with Gasteiger partial charge in [0.1, 0.15) is 10.3 Å². The molecule has 0 unspecified atom stereocenters. The molecule has 2 aromatic heterocycles. The van der Waals surface area contributed by atoms with Gasteiger partial charge in [-0.3, -0.25) is 0 Å². The molecule has 0 aliphatic carbocycles. The average Bonchev–Trinajstić information content (AvgIpc) is 3.02. The minimum absolute atomic E-state index is 0.240. The molecular formula is C13H15N3O3S2. The maximum atomic E-state index is 12.5. The van der Waals surface area contributed by atoms with E-state index in [1.54, 1.807) is 29.8 Å². The predicted molar refractivity (Wildman–Crippen MR) is 78.5 cm³/mol. The van der Waals surface area contributed by atoms with Gasteiger partial charge in [0.2, 0.25) is 0 Å². The number of nitrogens with zero attached hydrogens (tertiary/aromatic N) is 3. The Morgan fingerprint density at radius 1 is 1.43 bits per heavy atom. The van der Waals surface area contributed by atoms with E-state index in [2.05, 4.69) is 9.97 Å². The SMILES string of the molecule is Cc1ccnc([C@H]2CN(S(=O)(=O)c3cccs3)CCO2)n1. The number of hydrogen-bond donors (Lipinski definition) is 0. The summed E-state index contributed by atoms with van der Waals surface area (Å²) in [6.45, 7) is 2.80. The third-order valence-corrected chi connectivity index (χ3v) is 6.46. The minimum atomic E-state index is -3.45. The van der Waals surface area contributed by atoms with E-state index in [-0.39, 0.29) is 6.54 Å². The molecule has 1 aliphatic rings. The normalized spacial score (nSPS) is 20.5. The van der Waals surface area contributed by atoms with Crippen molar-refractivity contribution in [2.24, 2.45) is 0 Å². The number of rotatable bonds is 3. The number of aryl methyl sites for hydroxylation is 1. The van der Waals surface area contributed by atoms with Crippen LogP contribution < -0.4 is 0 Å². The quantitative estimate of drug-likeness (QED) is 0.857. The Morgan fingerprint density at radius 2 is 2.29 bits per heavy atom. The summed E-state index contributed by atoms with van der Waals surface area (Å²) in [6.07, 6.45) is 1.24. The smallest absolute Gasteiger partial charge is 0.252 e. The maximum Gasteiger partial charge on any atom is 0.252 e. The molecule has 0 radical (unpaired) electrons. The first-order chi connectivity index (χ1) is 10.1. The van der Waals surface area contributed by atoms with E-state index in [9.17, 15) is 8.42 Å². The molecule has 112 valence electrons. The summed E-state index contributed by atoms with van der Waals surface area (Å²) >= 11 is 1.22. The van der Waals surface area contributed by atoms with Crippen molar-refractivity contribution in [3.05, 3.63) is 41.3 Å². The molecule has 0 bridgehead atoms. The molecule has 0 amide bonds. The summed E-state index contributed by atoms with van der Waals surface area (Å²) < 4.78 is 32.5. The summed E-state index contributed by atoms with van der Waals surface area (Å²) in [7, 11) is -3.45. The number of aromatic nitrogens is 2. The van der Waals surface area contributed by atoms with Gasteiger partial charge < -0.3 is 4.74 Å². The van der Waals surface area contributed by atoms with E-state index in [1.165, 1.54) is 15.6 Å². The molecule has 1 fully saturated rings. The minimum Gasteiger partial charge on any atom is -0.367 e. The fourth-order valence-electron chi connectivity index (χ4n) is 2.16. The molecule has 1 atom stereocenters. The molecule has 0 saturated carbocycles. The molecular weight excluding hydrogens is 310 g/mol. The van der Waals surface area contributed by atoms with Crippen LogP contribution in [0.3, 0.4) is 0 Å². The standard InChI is InChI=1S/C13H15N3O3S2/c1-10-4-5-14-13(15-10)11-9-16(6-7-19-11)21(17,18)12-3-2-8-20-12/h2-5,8,11H,6-7,9H2,1H3/t11-/m1/s1. The zero-order valence-electron chi connectivity index (χ0n) is 11.5. The van der Waals surface area contributed by atoms with Gasteiger partial charge in [-0.15, -0.1) is 11.3 Å². The van der Waals surface area contributed by atoms with Crippen LogP contribution >= 0.6 is 11.3 Å². The van der Waals surface area contributed by atoms with E-state index in [4.69, 9.17) is 4.74 Å². The van der Waals surface area contributed by atoms with Gasteiger partial charge in [-0.1, -0.05) is 6.07 Å². The van der Waals surface area contributed by atoms with Crippen LogP contribution in [-0.4, -0.2) is 42.4 Å². The monoisotopic (exact) mass is 325 g/mol. The molecule has 1 saturated heterocycles. The molecule has 2 aromatic rings. The number of thiophene rings is 1. The third kappa shape index (κ3) is 2.98. The summed E-state index contributed by atoms with van der Waals surface area (Å²) in [5.74, 6) is 0.529. The molecule has 3 rings (SSSR count). The van der Waals surface area contributed by atoms with Crippen molar-refractivity contribution in [3.63, 3.8) is 0 Å². The van der Waals surface area contributed by atoms with Crippen LogP contribution in [0.5, 0.6) is 0 Å². The van der Waals surface area contributed by atoms with Crippen LogP contribution in [0.25, 0.3) is 0 Å². The zero-order chi connectivity index (χ0) is 14.9. The number of ether oxygens (including phenoxy) is 1. The topological polar surface area (TPSA) is 72.4 Å². The Hall–Kier alpha value is -1.35. The molecule has 1 aliphatic heterocycles. The molecule has 3 heterocycles. The van der Waals surface area contributed by atoms with E-state index in [0.29, 0.717) is 23.2 Å². The van der Waals surface area contributed by atoms with Crippen molar-refractivity contribution >= 4 is 21.4 Å². The molecule has 6 nitrogen and oxygen atoms in total. The molecule has 21 heavy (non-hydrogen) atoms. The number of morpholine rings is 1. The Labute approximate surface area is 127 Å². The molecule has 8 heteroatoms. The fraction of sp³-hybridized carbons (Fsp3) is 0.385. The second-order valence-electron chi connectivity index (χ2n) is 4.71. The lowest BCUT2D eigenvalue weighted by Gasteiger charge is -2.31. The second-order valence-corrected chi connectivity index (χ2v) is 7.82. The van der Waals surface area contributed by atoms with Gasteiger partial charge >= 0.3 is 0 Å². The fourth-order valence-corrected chi connectivity index (χ4v) is 4.73. The first-order valence-electron chi connectivity index (χ1n) is 6.52.